The van der Waals surface area contributed by atoms with E-state index in [0.29, 0.717) is 34.0 Å². The number of rotatable bonds is 7. The normalized spacial score (nSPS) is 11.2. The van der Waals surface area contributed by atoms with Crippen LogP contribution >= 0.6 is 0 Å². The number of fused-ring (bicyclic) bond motifs is 1. The second kappa shape index (κ2) is 8.64. The Balaban J connectivity index is 1.62. The minimum Gasteiger partial charge on any atom is -0.497 e. The quantitative estimate of drug-likeness (QED) is 0.414. The molecule has 0 aliphatic carbocycles. The second-order valence-corrected chi connectivity index (χ2v) is 8.39. The van der Waals surface area contributed by atoms with Crippen LogP contribution in [0.25, 0.3) is 11.0 Å². The van der Waals surface area contributed by atoms with Crippen molar-refractivity contribution < 1.29 is 27.0 Å². The molecule has 164 valence electrons. The Morgan fingerprint density at radius 1 is 0.781 bits per heavy atom. The summed E-state index contributed by atoms with van der Waals surface area (Å²) in [5.74, 6) is 1.98. The maximum absolute atomic E-state index is 12.9. The molecule has 9 heteroatoms. The number of ether oxygens (including phenoxy) is 3. The summed E-state index contributed by atoms with van der Waals surface area (Å²) in [4.78, 5) is 11.3. The predicted molar refractivity (Wildman–Crippen MR) is 119 cm³/mol. The number of anilines is 1. The highest BCUT2D eigenvalue weighted by Crippen LogP contribution is 2.35. The van der Waals surface area contributed by atoms with Gasteiger partial charge in [0.05, 0.1) is 24.8 Å². The van der Waals surface area contributed by atoms with Crippen LogP contribution < -0.4 is 24.6 Å². The highest BCUT2D eigenvalue weighted by Gasteiger charge is 2.17. The van der Waals surface area contributed by atoms with Gasteiger partial charge < -0.3 is 18.6 Å². The summed E-state index contributed by atoms with van der Waals surface area (Å²) in [6.45, 7) is 0. The number of nitrogens with one attached hydrogen (secondary N) is 1. The van der Waals surface area contributed by atoms with E-state index >= 15 is 0 Å². The van der Waals surface area contributed by atoms with Crippen molar-refractivity contribution in [1.82, 2.24) is 0 Å². The first-order valence-electron chi connectivity index (χ1n) is 9.45. The smallest absolute Gasteiger partial charge is 0.336 e. The Hall–Kier alpha value is -3.98. The number of sulfonamides is 1. The molecule has 3 aromatic carbocycles. The molecular formula is C23H19NO7S. The van der Waals surface area contributed by atoms with Crippen LogP contribution in [0.1, 0.15) is 0 Å². The summed E-state index contributed by atoms with van der Waals surface area (Å²) in [6.07, 6.45) is 0. The zero-order valence-corrected chi connectivity index (χ0v) is 18.0. The van der Waals surface area contributed by atoms with E-state index in [1.165, 1.54) is 43.5 Å². The highest BCUT2D eigenvalue weighted by molar-refractivity contribution is 7.92. The van der Waals surface area contributed by atoms with Crippen molar-refractivity contribution in [2.24, 2.45) is 0 Å². The third-order valence-corrected chi connectivity index (χ3v) is 5.98. The molecule has 1 N–H and O–H groups in total. The molecule has 0 bridgehead atoms. The molecule has 0 radical (unpaired) electrons. The van der Waals surface area contributed by atoms with Crippen molar-refractivity contribution in [3.63, 3.8) is 0 Å². The van der Waals surface area contributed by atoms with E-state index < -0.39 is 15.6 Å². The zero-order chi connectivity index (χ0) is 22.7. The Morgan fingerprint density at radius 2 is 1.53 bits per heavy atom. The molecule has 0 saturated heterocycles. The molecule has 0 fully saturated rings. The Kier molecular flexibility index (Phi) is 5.74. The summed E-state index contributed by atoms with van der Waals surface area (Å²) in [7, 11) is -0.853. The van der Waals surface area contributed by atoms with Crippen LogP contribution in [0.4, 0.5) is 5.69 Å². The van der Waals surface area contributed by atoms with Crippen molar-refractivity contribution in [3.8, 4) is 23.0 Å². The monoisotopic (exact) mass is 453 g/mol. The number of hydrogen-bond donors (Lipinski definition) is 1. The third kappa shape index (κ3) is 4.52. The average Bonchev–Trinajstić information content (AvgIpc) is 2.79. The first kappa shape index (κ1) is 21.3. The van der Waals surface area contributed by atoms with Gasteiger partial charge in [-0.05, 0) is 60.7 Å². The summed E-state index contributed by atoms with van der Waals surface area (Å²) in [5.41, 5.74) is 0.0823. The van der Waals surface area contributed by atoms with Crippen molar-refractivity contribution in [2.45, 2.75) is 4.90 Å². The van der Waals surface area contributed by atoms with Crippen LogP contribution in [0.3, 0.4) is 0 Å². The van der Waals surface area contributed by atoms with E-state index in [4.69, 9.17) is 18.6 Å². The molecule has 0 aliphatic heterocycles. The summed E-state index contributed by atoms with van der Waals surface area (Å²) < 4.78 is 49.8. The SMILES string of the molecule is COc1ccc(Oc2cc(NS(=O)(=O)c3ccc4oc(=O)ccc4c3)ccc2OC)cc1. The molecule has 32 heavy (non-hydrogen) atoms. The third-order valence-electron chi connectivity index (χ3n) is 4.60. The maximum atomic E-state index is 12.9. The van der Waals surface area contributed by atoms with Gasteiger partial charge in [-0.3, -0.25) is 4.72 Å². The van der Waals surface area contributed by atoms with Crippen LogP contribution in [0.15, 0.2) is 86.9 Å². The summed E-state index contributed by atoms with van der Waals surface area (Å²) >= 11 is 0. The Bertz CT molecular complexity index is 1430. The van der Waals surface area contributed by atoms with Crippen LogP contribution in [0, 0.1) is 0 Å². The molecule has 0 atom stereocenters. The van der Waals surface area contributed by atoms with E-state index in [1.54, 1.807) is 43.5 Å². The summed E-state index contributed by atoms with van der Waals surface area (Å²) in [6, 6.07) is 18.6. The topological polar surface area (TPSA) is 104 Å². The van der Waals surface area contributed by atoms with Crippen molar-refractivity contribution in [1.29, 1.82) is 0 Å². The van der Waals surface area contributed by atoms with Gasteiger partial charge in [0.25, 0.3) is 10.0 Å². The molecule has 1 aromatic heterocycles. The van der Waals surface area contributed by atoms with Gasteiger partial charge in [-0.15, -0.1) is 0 Å². The van der Waals surface area contributed by atoms with Gasteiger partial charge in [-0.25, -0.2) is 13.2 Å². The fraction of sp³-hybridized carbons (Fsp3) is 0.0870. The number of hydrogen-bond acceptors (Lipinski definition) is 7. The highest BCUT2D eigenvalue weighted by atomic mass is 32.2. The predicted octanol–water partition coefficient (Wildman–Crippen LogP) is 4.40. The second-order valence-electron chi connectivity index (χ2n) is 6.70. The lowest BCUT2D eigenvalue weighted by atomic mass is 10.2. The van der Waals surface area contributed by atoms with Crippen molar-refractivity contribution >= 4 is 26.7 Å². The minimum atomic E-state index is -3.92. The van der Waals surface area contributed by atoms with Gasteiger partial charge in [0.1, 0.15) is 17.1 Å². The van der Waals surface area contributed by atoms with Crippen LogP contribution in [0.5, 0.6) is 23.0 Å². The lowest BCUT2D eigenvalue weighted by Crippen LogP contribution is -2.13. The Labute approximate surface area is 184 Å². The van der Waals surface area contributed by atoms with Crippen molar-refractivity contribution in [3.05, 3.63) is 83.2 Å². The largest absolute Gasteiger partial charge is 0.497 e. The molecule has 4 aromatic rings. The molecule has 0 spiro atoms. The Morgan fingerprint density at radius 3 is 2.25 bits per heavy atom. The van der Waals surface area contributed by atoms with E-state index in [1.807, 2.05) is 0 Å². The molecule has 0 unspecified atom stereocenters. The molecule has 1 heterocycles. The lowest BCUT2D eigenvalue weighted by molar-refractivity contribution is 0.378. The van der Waals surface area contributed by atoms with Gasteiger partial charge in [0.15, 0.2) is 11.5 Å². The zero-order valence-electron chi connectivity index (χ0n) is 17.2. The summed E-state index contributed by atoms with van der Waals surface area (Å²) in [5, 5.41) is 0.491. The standard InChI is InChI=1S/C23H19NO7S/c1-28-17-5-7-18(8-6-17)30-22-14-16(4-10-21(22)29-2)24-32(26,27)19-9-11-20-15(13-19)3-12-23(25)31-20/h3-14,24H,1-2H3. The van der Waals surface area contributed by atoms with Crippen LogP contribution in [-0.4, -0.2) is 22.6 Å². The molecule has 0 aliphatic rings. The van der Waals surface area contributed by atoms with Crippen LogP contribution in [0.2, 0.25) is 0 Å². The first-order valence-corrected chi connectivity index (χ1v) is 10.9. The van der Waals surface area contributed by atoms with Gasteiger partial charge in [-0.1, -0.05) is 0 Å². The van der Waals surface area contributed by atoms with Gasteiger partial charge >= 0.3 is 5.63 Å². The number of methoxy groups -OCH3 is 2. The fourth-order valence-corrected chi connectivity index (χ4v) is 4.11. The molecule has 0 amide bonds. The van der Waals surface area contributed by atoms with Gasteiger partial charge in [0, 0.05) is 17.5 Å². The van der Waals surface area contributed by atoms with Crippen LogP contribution in [-0.2, 0) is 10.0 Å². The van der Waals surface area contributed by atoms with E-state index in [9.17, 15) is 13.2 Å². The maximum Gasteiger partial charge on any atom is 0.336 e. The average molecular weight is 453 g/mol. The molecule has 8 nitrogen and oxygen atoms in total. The molecular weight excluding hydrogens is 434 g/mol. The molecule has 4 rings (SSSR count). The fourth-order valence-electron chi connectivity index (χ4n) is 3.02. The van der Waals surface area contributed by atoms with Gasteiger partial charge in [0.2, 0.25) is 0 Å². The first-order chi connectivity index (χ1) is 15.4. The van der Waals surface area contributed by atoms with E-state index in [0.717, 1.165) is 0 Å². The van der Waals surface area contributed by atoms with E-state index in [2.05, 4.69) is 4.72 Å². The van der Waals surface area contributed by atoms with E-state index in [-0.39, 0.29) is 10.6 Å². The number of benzene rings is 3. The van der Waals surface area contributed by atoms with Crippen molar-refractivity contribution in [2.75, 3.05) is 18.9 Å². The lowest BCUT2D eigenvalue weighted by Gasteiger charge is -2.14. The molecule has 0 saturated carbocycles. The minimum absolute atomic E-state index is 0.0206. The van der Waals surface area contributed by atoms with Gasteiger partial charge in [-0.2, -0.15) is 0 Å².